The predicted molar refractivity (Wildman–Crippen MR) is 57.1 cm³/mol. The highest BCUT2D eigenvalue weighted by atomic mass is 19.1. The molecule has 0 radical (unpaired) electrons. The number of nitrogens with zero attached hydrogens (tertiary/aromatic N) is 1. The molecule has 0 fully saturated rings. The Labute approximate surface area is 88.0 Å². The van der Waals surface area contributed by atoms with E-state index in [0.29, 0.717) is 6.42 Å². The fourth-order valence-electron chi connectivity index (χ4n) is 1.70. The van der Waals surface area contributed by atoms with E-state index in [9.17, 15) is 9.18 Å². The van der Waals surface area contributed by atoms with Gasteiger partial charge < -0.3 is 4.90 Å². The Morgan fingerprint density at radius 1 is 1.33 bits per heavy atom. The standard InChI is InChI=1S/C12H12FNO/c1-14(11-5-6-12(15)8-11)10-4-2-3-9(13)7-10/h2-4,7-8H,5-6H2,1H3. The van der Waals surface area contributed by atoms with Gasteiger partial charge in [-0.15, -0.1) is 0 Å². The molecule has 0 heterocycles. The van der Waals surface area contributed by atoms with Crippen LogP contribution in [0.2, 0.25) is 0 Å². The van der Waals surface area contributed by atoms with E-state index in [4.69, 9.17) is 0 Å². The number of carbonyl (C=O) groups is 1. The zero-order valence-corrected chi connectivity index (χ0v) is 8.53. The van der Waals surface area contributed by atoms with Gasteiger partial charge in [-0.05, 0) is 24.6 Å². The van der Waals surface area contributed by atoms with Gasteiger partial charge in [-0.1, -0.05) is 6.07 Å². The summed E-state index contributed by atoms with van der Waals surface area (Å²) in [7, 11) is 1.85. The first-order valence-electron chi connectivity index (χ1n) is 4.89. The average Bonchev–Trinajstić information content (AvgIpc) is 2.64. The monoisotopic (exact) mass is 205 g/mol. The lowest BCUT2D eigenvalue weighted by Gasteiger charge is -2.20. The third kappa shape index (κ3) is 2.06. The van der Waals surface area contributed by atoms with Crippen LogP contribution in [0.1, 0.15) is 12.8 Å². The maximum absolute atomic E-state index is 13.0. The van der Waals surface area contributed by atoms with Crippen LogP contribution in [0.3, 0.4) is 0 Å². The van der Waals surface area contributed by atoms with E-state index in [1.54, 1.807) is 12.1 Å². The Kier molecular flexibility index (Phi) is 2.54. The molecular weight excluding hydrogens is 193 g/mol. The Morgan fingerprint density at radius 3 is 2.73 bits per heavy atom. The number of benzene rings is 1. The fraction of sp³-hybridized carbons (Fsp3) is 0.250. The van der Waals surface area contributed by atoms with E-state index in [1.165, 1.54) is 12.1 Å². The molecule has 2 nitrogen and oxygen atoms in total. The van der Waals surface area contributed by atoms with E-state index in [0.717, 1.165) is 17.8 Å². The van der Waals surface area contributed by atoms with Crippen molar-refractivity contribution in [2.45, 2.75) is 12.8 Å². The van der Waals surface area contributed by atoms with Crippen LogP contribution in [0.15, 0.2) is 36.0 Å². The van der Waals surface area contributed by atoms with Gasteiger partial charge in [0, 0.05) is 30.9 Å². The van der Waals surface area contributed by atoms with Gasteiger partial charge in [0.05, 0.1) is 0 Å². The summed E-state index contributed by atoms with van der Waals surface area (Å²) in [6, 6.07) is 6.36. The molecule has 0 saturated heterocycles. The summed E-state index contributed by atoms with van der Waals surface area (Å²) in [5.74, 6) is -0.113. The Bertz CT molecular complexity index is 425. The smallest absolute Gasteiger partial charge is 0.157 e. The minimum absolute atomic E-state index is 0.147. The van der Waals surface area contributed by atoms with Crippen LogP contribution in [-0.4, -0.2) is 12.8 Å². The molecule has 0 atom stereocenters. The third-order valence-corrected chi connectivity index (χ3v) is 2.58. The van der Waals surface area contributed by atoms with Crippen LogP contribution in [0, 0.1) is 5.82 Å². The van der Waals surface area contributed by atoms with Gasteiger partial charge in [-0.3, -0.25) is 4.79 Å². The first kappa shape index (κ1) is 9.90. The summed E-state index contributed by atoms with van der Waals surface area (Å²) in [6.07, 6.45) is 2.94. The van der Waals surface area contributed by atoms with Crippen LogP contribution >= 0.6 is 0 Å². The molecule has 0 bridgehead atoms. The summed E-state index contributed by atoms with van der Waals surface area (Å²) >= 11 is 0. The molecule has 0 saturated carbocycles. The zero-order chi connectivity index (χ0) is 10.8. The van der Waals surface area contributed by atoms with Crippen molar-refractivity contribution < 1.29 is 9.18 Å². The SMILES string of the molecule is CN(C1=CC(=O)CC1)c1cccc(F)c1. The van der Waals surface area contributed by atoms with Gasteiger partial charge in [0.25, 0.3) is 0 Å². The molecule has 78 valence electrons. The van der Waals surface area contributed by atoms with Gasteiger partial charge in [0.2, 0.25) is 0 Å². The Balaban J connectivity index is 2.24. The van der Waals surface area contributed by atoms with Crippen molar-refractivity contribution in [3.05, 3.63) is 41.9 Å². The summed E-state index contributed by atoms with van der Waals surface area (Å²) in [5.41, 5.74) is 1.72. The molecule has 15 heavy (non-hydrogen) atoms. The molecule has 1 aromatic carbocycles. The number of hydrogen-bond acceptors (Lipinski definition) is 2. The first-order chi connectivity index (χ1) is 7.16. The fourth-order valence-corrected chi connectivity index (χ4v) is 1.70. The van der Waals surface area contributed by atoms with Crippen LogP contribution in [0.4, 0.5) is 10.1 Å². The molecule has 3 heteroatoms. The summed E-state index contributed by atoms with van der Waals surface area (Å²) in [6.45, 7) is 0. The highest BCUT2D eigenvalue weighted by Gasteiger charge is 2.16. The molecule has 0 aromatic heterocycles. The highest BCUT2D eigenvalue weighted by Crippen LogP contribution is 2.24. The second-order valence-corrected chi connectivity index (χ2v) is 3.64. The zero-order valence-electron chi connectivity index (χ0n) is 8.53. The number of allylic oxidation sites excluding steroid dienone is 2. The summed E-state index contributed by atoms with van der Waals surface area (Å²) < 4.78 is 13.0. The molecule has 0 unspecified atom stereocenters. The Morgan fingerprint density at radius 2 is 2.13 bits per heavy atom. The quantitative estimate of drug-likeness (QED) is 0.739. The lowest BCUT2D eigenvalue weighted by molar-refractivity contribution is -0.114. The van der Waals surface area contributed by atoms with Crippen LogP contribution in [0.5, 0.6) is 0 Å². The van der Waals surface area contributed by atoms with Crippen molar-refractivity contribution in [1.29, 1.82) is 0 Å². The van der Waals surface area contributed by atoms with E-state index in [2.05, 4.69) is 0 Å². The van der Waals surface area contributed by atoms with Gasteiger partial charge >= 0.3 is 0 Å². The second kappa shape index (κ2) is 3.85. The second-order valence-electron chi connectivity index (χ2n) is 3.64. The van der Waals surface area contributed by atoms with E-state index >= 15 is 0 Å². The minimum Gasteiger partial charge on any atom is -0.348 e. The van der Waals surface area contributed by atoms with Gasteiger partial charge in [0.1, 0.15) is 5.82 Å². The molecule has 0 amide bonds. The number of anilines is 1. The van der Waals surface area contributed by atoms with Gasteiger partial charge in [-0.25, -0.2) is 4.39 Å². The summed E-state index contributed by atoms with van der Waals surface area (Å²) in [5, 5.41) is 0. The van der Waals surface area contributed by atoms with Gasteiger partial charge in [-0.2, -0.15) is 0 Å². The van der Waals surface area contributed by atoms with E-state index < -0.39 is 0 Å². The predicted octanol–water partition coefficient (Wildman–Crippen LogP) is 2.51. The average molecular weight is 205 g/mol. The molecular formula is C12H12FNO. The molecule has 1 aromatic rings. The third-order valence-electron chi connectivity index (χ3n) is 2.58. The van der Waals surface area contributed by atoms with Crippen molar-refractivity contribution in [2.24, 2.45) is 0 Å². The molecule has 0 N–H and O–H groups in total. The maximum atomic E-state index is 13.0. The maximum Gasteiger partial charge on any atom is 0.157 e. The number of carbonyl (C=O) groups excluding carboxylic acids is 1. The Hall–Kier alpha value is -1.64. The number of hydrogen-bond donors (Lipinski definition) is 0. The van der Waals surface area contributed by atoms with Crippen LogP contribution in [0.25, 0.3) is 0 Å². The molecule has 0 aliphatic heterocycles. The first-order valence-corrected chi connectivity index (χ1v) is 4.89. The summed E-state index contributed by atoms with van der Waals surface area (Å²) in [4.78, 5) is 12.9. The minimum atomic E-state index is -0.260. The van der Waals surface area contributed by atoms with E-state index in [-0.39, 0.29) is 11.6 Å². The van der Waals surface area contributed by atoms with Crippen LogP contribution in [-0.2, 0) is 4.79 Å². The number of ketones is 1. The lowest BCUT2D eigenvalue weighted by atomic mass is 10.2. The highest BCUT2D eigenvalue weighted by molar-refractivity contribution is 5.93. The normalized spacial score (nSPS) is 15.3. The van der Waals surface area contributed by atoms with Crippen molar-refractivity contribution in [1.82, 2.24) is 0 Å². The van der Waals surface area contributed by atoms with Crippen molar-refractivity contribution in [2.75, 3.05) is 11.9 Å². The molecule has 0 spiro atoms. The topological polar surface area (TPSA) is 20.3 Å². The number of halogens is 1. The molecule has 1 aliphatic rings. The molecule has 2 rings (SSSR count). The number of rotatable bonds is 2. The van der Waals surface area contributed by atoms with E-state index in [1.807, 2.05) is 18.0 Å². The molecule has 1 aliphatic carbocycles. The largest absolute Gasteiger partial charge is 0.348 e. The van der Waals surface area contributed by atoms with Crippen LogP contribution < -0.4 is 4.90 Å². The van der Waals surface area contributed by atoms with Crippen molar-refractivity contribution >= 4 is 11.5 Å². The van der Waals surface area contributed by atoms with Crippen molar-refractivity contribution in [3.8, 4) is 0 Å². The van der Waals surface area contributed by atoms with Gasteiger partial charge in [0.15, 0.2) is 5.78 Å². The van der Waals surface area contributed by atoms with Crippen molar-refractivity contribution in [3.63, 3.8) is 0 Å². The lowest BCUT2D eigenvalue weighted by Crippen LogP contribution is -2.14.